The quantitative estimate of drug-likeness (QED) is 0.739. The van der Waals surface area contributed by atoms with Crippen LogP contribution in [-0.2, 0) is 6.54 Å². The normalized spacial score (nSPS) is 10.7. The molecule has 6 heteroatoms. The minimum atomic E-state index is 0.222. The SMILES string of the molecule is COc1ccc(-c2cc(-c3ccc[nH]3)nc(N)c2C#N)cc1CN(C)C. The molecule has 3 aromatic rings. The van der Waals surface area contributed by atoms with E-state index in [0.717, 1.165) is 34.7 Å². The van der Waals surface area contributed by atoms with Crippen LogP contribution in [0.1, 0.15) is 11.1 Å². The molecule has 0 aliphatic heterocycles. The molecule has 0 fully saturated rings. The summed E-state index contributed by atoms with van der Waals surface area (Å²) in [4.78, 5) is 9.56. The Morgan fingerprint density at radius 1 is 1.27 bits per heavy atom. The van der Waals surface area contributed by atoms with Gasteiger partial charge in [0.15, 0.2) is 0 Å². The average Bonchev–Trinajstić information content (AvgIpc) is 3.15. The van der Waals surface area contributed by atoms with E-state index >= 15 is 0 Å². The number of aromatic nitrogens is 2. The molecule has 0 radical (unpaired) electrons. The van der Waals surface area contributed by atoms with Gasteiger partial charge in [0.2, 0.25) is 0 Å². The van der Waals surface area contributed by atoms with E-state index in [9.17, 15) is 5.26 Å². The van der Waals surface area contributed by atoms with E-state index in [1.54, 1.807) is 7.11 Å². The van der Waals surface area contributed by atoms with Crippen molar-refractivity contribution in [3.63, 3.8) is 0 Å². The first kappa shape index (κ1) is 17.5. The van der Waals surface area contributed by atoms with E-state index in [1.165, 1.54) is 0 Å². The third-order valence-electron chi connectivity index (χ3n) is 4.11. The van der Waals surface area contributed by atoms with Crippen molar-refractivity contribution in [2.24, 2.45) is 0 Å². The van der Waals surface area contributed by atoms with Crippen LogP contribution >= 0.6 is 0 Å². The van der Waals surface area contributed by atoms with Crippen LogP contribution < -0.4 is 10.5 Å². The van der Waals surface area contributed by atoms with Gasteiger partial charge in [0, 0.05) is 23.9 Å². The number of benzene rings is 1. The molecule has 132 valence electrons. The lowest BCUT2D eigenvalue weighted by Gasteiger charge is -2.16. The number of H-pyrrole nitrogens is 1. The summed E-state index contributed by atoms with van der Waals surface area (Å²) in [6, 6.07) is 13.8. The zero-order valence-corrected chi connectivity index (χ0v) is 15.1. The van der Waals surface area contributed by atoms with Crippen molar-refractivity contribution in [2.45, 2.75) is 6.54 Å². The molecule has 26 heavy (non-hydrogen) atoms. The minimum absolute atomic E-state index is 0.222. The largest absolute Gasteiger partial charge is 0.496 e. The number of hydrogen-bond acceptors (Lipinski definition) is 5. The fourth-order valence-electron chi connectivity index (χ4n) is 2.95. The molecule has 0 aliphatic carbocycles. The molecule has 0 saturated carbocycles. The van der Waals surface area contributed by atoms with Crippen LogP contribution in [0.5, 0.6) is 5.75 Å². The Balaban J connectivity index is 2.18. The number of aromatic amines is 1. The van der Waals surface area contributed by atoms with Crippen molar-refractivity contribution < 1.29 is 4.74 Å². The molecule has 0 saturated heterocycles. The molecule has 0 bridgehead atoms. The van der Waals surface area contributed by atoms with Gasteiger partial charge < -0.3 is 20.4 Å². The Labute approximate surface area is 152 Å². The summed E-state index contributed by atoms with van der Waals surface area (Å²) in [5.74, 6) is 1.03. The van der Waals surface area contributed by atoms with Gasteiger partial charge in [0.25, 0.3) is 0 Å². The maximum absolute atomic E-state index is 9.59. The van der Waals surface area contributed by atoms with Crippen LogP contribution in [-0.4, -0.2) is 36.1 Å². The number of nitrogens with two attached hydrogens (primary N) is 1. The standard InChI is InChI=1S/C20H21N5O/c1-25(2)12-14-9-13(6-7-19(14)26-3)15-10-18(17-5-4-8-23-17)24-20(22)16(15)11-21/h4-10,23H,12H2,1-3H3,(H2,22,24). The molecule has 0 spiro atoms. The number of nitrogens with one attached hydrogen (secondary N) is 1. The van der Waals surface area contributed by atoms with Gasteiger partial charge in [0.05, 0.1) is 18.5 Å². The predicted molar refractivity (Wildman–Crippen MR) is 103 cm³/mol. The smallest absolute Gasteiger partial charge is 0.142 e. The first-order valence-corrected chi connectivity index (χ1v) is 8.20. The Morgan fingerprint density at radius 3 is 2.69 bits per heavy atom. The highest BCUT2D eigenvalue weighted by Crippen LogP contribution is 2.33. The zero-order valence-electron chi connectivity index (χ0n) is 15.1. The van der Waals surface area contributed by atoms with E-state index in [0.29, 0.717) is 11.3 Å². The van der Waals surface area contributed by atoms with Crippen LogP contribution in [0.2, 0.25) is 0 Å². The van der Waals surface area contributed by atoms with Crippen LogP contribution in [0.25, 0.3) is 22.5 Å². The molecule has 6 nitrogen and oxygen atoms in total. The number of nitrogen functional groups attached to an aromatic ring is 1. The molecule has 0 atom stereocenters. The fraction of sp³-hybridized carbons (Fsp3) is 0.200. The summed E-state index contributed by atoms with van der Waals surface area (Å²) in [5, 5.41) is 9.59. The summed E-state index contributed by atoms with van der Waals surface area (Å²) in [6.45, 7) is 0.725. The van der Waals surface area contributed by atoms with Crippen molar-refractivity contribution in [1.82, 2.24) is 14.9 Å². The topological polar surface area (TPSA) is 91.0 Å². The van der Waals surface area contributed by atoms with Gasteiger partial charge in [-0.2, -0.15) is 5.26 Å². The van der Waals surface area contributed by atoms with Gasteiger partial charge in [-0.3, -0.25) is 0 Å². The minimum Gasteiger partial charge on any atom is -0.496 e. The van der Waals surface area contributed by atoms with Gasteiger partial charge in [-0.05, 0) is 50.0 Å². The van der Waals surface area contributed by atoms with Gasteiger partial charge in [-0.15, -0.1) is 0 Å². The molecular formula is C20H21N5O. The number of anilines is 1. The number of nitriles is 1. The van der Waals surface area contributed by atoms with Crippen molar-refractivity contribution >= 4 is 5.82 Å². The number of nitrogens with zero attached hydrogens (tertiary/aromatic N) is 3. The van der Waals surface area contributed by atoms with Crippen LogP contribution in [0.15, 0.2) is 42.6 Å². The average molecular weight is 347 g/mol. The summed E-state index contributed by atoms with van der Waals surface area (Å²) in [5.41, 5.74) is 10.7. The molecule has 2 heterocycles. The number of ether oxygens (including phenoxy) is 1. The summed E-state index contributed by atoms with van der Waals surface area (Å²) in [6.07, 6.45) is 1.83. The third-order valence-corrected chi connectivity index (χ3v) is 4.11. The second-order valence-corrected chi connectivity index (χ2v) is 6.28. The molecule has 3 rings (SSSR count). The van der Waals surface area contributed by atoms with Crippen LogP contribution in [0.4, 0.5) is 5.82 Å². The van der Waals surface area contributed by atoms with E-state index in [2.05, 4.69) is 20.9 Å². The van der Waals surface area contributed by atoms with Gasteiger partial charge >= 0.3 is 0 Å². The Bertz CT molecular complexity index is 955. The molecule has 3 N–H and O–H groups in total. The van der Waals surface area contributed by atoms with E-state index < -0.39 is 0 Å². The highest BCUT2D eigenvalue weighted by atomic mass is 16.5. The van der Waals surface area contributed by atoms with Gasteiger partial charge in [0.1, 0.15) is 23.2 Å². The lowest BCUT2D eigenvalue weighted by molar-refractivity contribution is 0.372. The molecule has 1 aromatic carbocycles. The number of rotatable bonds is 5. The first-order chi connectivity index (χ1) is 12.5. The lowest BCUT2D eigenvalue weighted by Crippen LogP contribution is -2.11. The Hall–Kier alpha value is -3.30. The molecule has 0 unspecified atom stereocenters. The highest BCUT2D eigenvalue weighted by molar-refractivity contribution is 5.80. The zero-order chi connectivity index (χ0) is 18.7. The molecular weight excluding hydrogens is 326 g/mol. The summed E-state index contributed by atoms with van der Waals surface area (Å²) in [7, 11) is 5.66. The number of hydrogen-bond donors (Lipinski definition) is 2. The second kappa shape index (κ2) is 7.30. The van der Waals surface area contributed by atoms with E-state index in [-0.39, 0.29) is 5.82 Å². The van der Waals surface area contributed by atoms with Crippen molar-refractivity contribution in [1.29, 1.82) is 5.26 Å². The highest BCUT2D eigenvalue weighted by Gasteiger charge is 2.15. The Kier molecular flexibility index (Phi) is 4.92. The van der Waals surface area contributed by atoms with E-state index in [1.807, 2.05) is 56.7 Å². The van der Waals surface area contributed by atoms with Crippen LogP contribution in [0, 0.1) is 11.3 Å². The summed E-state index contributed by atoms with van der Waals surface area (Å²) < 4.78 is 5.47. The van der Waals surface area contributed by atoms with Crippen molar-refractivity contribution in [2.75, 3.05) is 26.9 Å². The maximum Gasteiger partial charge on any atom is 0.142 e. The third kappa shape index (κ3) is 3.39. The fourth-order valence-corrected chi connectivity index (χ4v) is 2.95. The number of pyridine rings is 1. The van der Waals surface area contributed by atoms with Crippen LogP contribution in [0.3, 0.4) is 0 Å². The van der Waals surface area contributed by atoms with Crippen molar-refractivity contribution in [3.05, 3.63) is 53.7 Å². The monoisotopic (exact) mass is 347 g/mol. The Morgan fingerprint density at radius 2 is 2.08 bits per heavy atom. The van der Waals surface area contributed by atoms with Gasteiger partial charge in [-0.1, -0.05) is 6.07 Å². The number of methoxy groups -OCH3 is 1. The second-order valence-electron chi connectivity index (χ2n) is 6.28. The lowest BCUT2D eigenvalue weighted by atomic mass is 9.97. The first-order valence-electron chi connectivity index (χ1n) is 8.20. The summed E-state index contributed by atoms with van der Waals surface area (Å²) >= 11 is 0. The van der Waals surface area contributed by atoms with Crippen molar-refractivity contribution in [3.8, 4) is 34.3 Å². The van der Waals surface area contributed by atoms with Gasteiger partial charge in [-0.25, -0.2) is 4.98 Å². The molecule has 2 aromatic heterocycles. The molecule has 0 aliphatic rings. The molecule has 0 amide bonds. The predicted octanol–water partition coefficient (Wildman–Crippen LogP) is 3.27. The maximum atomic E-state index is 9.59. The van der Waals surface area contributed by atoms with E-state index in [4.69, 9.17) is 10.5 Å².